The minimum absolute atomic E-state index is 0.143. The van der Waals surface area contributed by atoms with Crippen LogP contribution in [0.3, 0.4) is 0 Å². The van der Waals surface area contributed by atoms with Gasteiger partial charge in [-0.05, 0) is 37.0 Å². The molecule has 1 fully saturated rings. The lowest BCUT2D eigenvalue weighted by Crippen LogP contribution is -2.30. The van der Waals surface area contributed by atoms with Crippen LogP contribution in [0.2, 0.25) is 5.02 Å². The molecule has 112 valence electrons. The number of nitrogens with zero attached hydrogens (tertiary/aromatic N) is 1. The van der Waals surface area contributed by atoms with E-state index in [1.807, 2.05) is 0 Å². The smallest absolute Gasteiger partial charge is 0.242 e. The number of halogens is 1. The Morgan fingerprint density at radius 1 is 1.45 bits per heavy atom. The summed E-state index contributed by atoms with van der Waals surface area (Å²) < 4.78 is 31.3. The van der Waals surface area contributed by atoms with Gasteiger partial charge in [-0.2, -0.15) is 4.31 Å². The van der Waals surface area contributed by atoms with Gasteiger partial charge in [0.2, 0.25) is 10.0 Å². The van der Waals surface area contributed by atoms with Crippen molar-refractivity contribution in [1.29, 1.82) is 0 Å². The molecular weight excluding hydrogens is 300 g/mol. The predicted octanol–water partition coefficient (Wildman–Crippen LogP) is 1.97. The highest BCUT2D eigenvalue weighted by molar-refractivity contribution is 7.89. The van der Waals surface area contributed by atoms with Gasteiger partial charge in [-0.25, -0.2) is 8.42 Å². The Kier molecular flexibility index (Phi) is 4.90. The summed E-state index contributed by atoms with van der Waals surface area (Å²) in [5.41, 5.74) is 5.90. The summed E-state index contributed by atoms with van der Waals surface area (Å²) in [6, 6.07) is 4.32. The molecule has 1 aliphatic carbocycles. The Morgan fingerprint density at radius 2 is 2.15 bits per heavy atom. The first-order chi connectivity index (χ1) is 9.41. The van der Waals surface area contributed by atoms with Crippen LogP contribution in [0, 0.1) is 5.92 Å². The van der Waals surface area contributed by atoms with Crippen LogP contribution in [0.15, 0.2) is 23.1 Å². The van der Waals surface area contributed by atoms with E-state index in [0.29, 0.717) is 24.1 Å². The van der Waals surface area contributed by atoms with Crippen molar-refractivity contribution in [2.45, 2.75) is 17.7 Å². The summed E-state index contributed by atoms with van der Waals surface area (Å²) >= 11 is 5.79. The second-order valence-corrected chi connectivity index (χ2v) is 7.48. The van der Waals surface area contributed by atoms with Gasteiger partial charge in [0.25, 0.3) is 0 Å². The first kappa shape index (κ1) is 15.6. The molecule has 0 bridgehead atoms. The number of rotatable bonds is 7. The van der Waals surface area contributed by atoms with Crippen LogP contribution in [0.1, 0.15) is 12.8 Å². The van der Waals surface area contributed by atoms with Crippen molar-refractivity contribution in [3.8, 4) is 0 Å². The average Bonchev–Trinajstić information content (AvgIpc) is 3.21. The van der Waals surface area contributed by atoms with Crippen molar-refractivity contribution in [2.24, 2.45) is 5.92 Å². The third kappa shape index (κ3) is 3.85. The maximum atomic E-state index is 12.3. The molecule has 0 aliphatic heterocycles. The molecule has 0 amide bonds. The second kappa shape index (κ2) is 6.30. The van der Waals surface area contributed by atoms with E-state index in [1.54, 1.807) is 0 Å². The topological polar surface area (TPSA) is 72.6 Å². The third-order valence-electron chi connectivity index (χ3n) is 3.28. The molecule has 0 saturated heterocycles. The quantitative estimate of drug-likeness (QED) is 0.616. The Hall–Kier alpha value is -0.820. The Labute approximate surface area is 124 Å². The molecular formula is C13H19ClN2O3S. The van der Waals surface area contributed by atoms with Gasteiger partial charge in [0.1, 0.15) is 0 Å². The van der Waals surface area contributed by atoms with Crippen LogP contribution in [-0.2, 0) is 14.8 Å². The van der Waals surface area contributed by atoms with Gasteiger partial charge in [-0.3, -0.25) is 0 Å². The lowest BCUT2D eigenvalue weighted by atomic mass is 10.3. The normalized spacial score (nSPS) is 15.8. The van der Waals surface area contributed by atoms with Gasteiger partial charge in [0.15, 0.2) is 0 Å². The highest BCUT2D eigenvalue weighted by Gasteiger charge is 2.23. The summed E-state index contributed by atoms with van der Waals surface area (Å²) in [7, 11) is -2.02. The number of nitrogens with two attached hydrogens (primary N) is 1. The van der Waals surface area contributed by atoms with Gasteiger partial charge in [-0.15, -0.1) is 0 Å². The molecule has 0 unspecified atom stereocenters. The van der Waals surface area contributed by atoms with E-state index < -0.39 is 10.0 Å². The number of ether oxygens (including phenoxy) is 1. The maximum Gasteiger partial charge on any atom is 0.242 e. The van der Waals surface area contributed by atoms with Gasteiger partial charge >= 0.3 is 0 Å². The van der Waals surface area contributed by atoms with Crippen LogP contribution in [0.25, 0.3) is 0 Å². The zero-order chi connectivity index (χ0) is 14.8. The number of nitrogen functional groups attached to an aromatic ring is 1. The number of likely N-dealkylation sites (N-methyl/N-ethyl adjacent to an activating group) is 1. The molecule has 7 heteroatoms. The summed E-state index contributed by atoms with van der Waals surface area (Å²) in [5, 5.41) is 0.347. The van der Waals surface area contributed by atoms with Crippen molar-refractivity contribution in [3.05, 3.63) is 23.2 Å². The lowest BCUT2D eigenvalue weighted by Gasteiger charge is -2.17. The summed E-state index contributed by atoms with van der Waals surface area (Å²) in [4.78, 5) is 0.143. The fourth-order valence-electron chi connectivity index (χ4n) is 1.71. The lowest BCUT2D eigenvalue weighted by molar-refractivity contribution is 0.117. The van der Waals surface area contributed by atoms with E-state index in [2.05, 4.69) is 0 Å². The minimum atomic E-state index is -3.55. The Morgan fingerprint density at radius 3 is 2.75 bits per heavy atom. The van der Waals surface area contributed by atoms with E-state index in [0.717, 1.165) is 6.61 Å². The van der Waals surface area contributed by atoms with Gasteiger partial charge in [0.05, 0.1) is 22.2 Å². The van der Waals surface area contributed by atoms with Gasteiger partial charge in [-0.1, -0.05) is 11.6 Å². The van der Waals surface area contributed by atoms with Crippen LogP contribution in [0.4, 0.5) is 5.69 Å². The van der Waals surface area contributed by atoms with E-state index in [4.69, 9.17) is 22.1 Å². The van der Waals surface area contributed by atoms with Gasteiger partial charge in [0, 0.05) is 20.2 Å². The summed E-state index contributed by atoms with van der Waals surface area (Å²) in [5.74, 6) is 0.674. The number of sulfonamides is 1. The van der Waals surface area contributed by atoms with E-state index >= 15 is 0 Å². The largest absolute Gasteiger partial charge is 0.397 e. The van der Waals surface area contributed by atoms with Crippen LogP contribution >= 0.6 is 11.6 Å². The second-order valence-electron chi connectivity index (χ2n) is 5.03. The van der Waals surface area contributed by atoms with Crippen molar-refractivity contribution < 1.29 is 13.2 Å². The first-order valence-corrected chi connectivity index (χ1v) is 8.32. The average molecular weight is 319 g/mol. The van der Waals surface area contributed by atoms with Crippen molar-refractivity contribution in [1.82, 2.24) is 4.31 Å². The fraction of sp³-hybridized carbons (Fsp3) is 0.538. The fourth-order valence-corrected chi connectivity index (χ4v) is 3.02. The monoisotopic (exact) mass is 318 g/mol. The summed E-state index contributed by atoms with van der Waals surface area (Å²) in [6.45, 7) is 1.44. The van der Waals surface area contributed by atoms with Crippen LogP contribution in [-0.4, -0.2) is 39.5 Å². The van der Waals surface area contributed by atoms with Crippen LogP contribution in [0.5, 0.6) is 0 Å². The van der Waals surface area contributed by atoms with E-state index in [-0.39, 0.29) is 10.6 Å². The number of benzene rings is 1. The number of hydrogen-bond donors (Lipinski definition) is 1. The van der Waals surface area contributed by atoms with Crippen molar-refractivity contribution in [2.75, 3.05) is 32.5 Å². The molecule has 2 N–H and O–H groups in total. The zero-order valence-electron chi connectivity index (χ0n) is 11.4. The molecule has 0 radical (unpaired) electrons. The minimum Gasteiger partial charge on any atom is -0.397 e. The first-order valence-electron chi connectivity index (χ1n) is 6.50. The third-order valence-corrected chi connectivity index (χ3v) is 5.47. The predicted molar refractivity (Wildman–Crippen MR) is 79.2 cm³/mol. The maximum absolute atomic E-state index is 12.3. The number of anilines is 1. The summed E-state index contributed by atoms with van der Waals surface area (Å²) in [6.07, 6.45) is 2.44. The SMILES string of the molecule is CN(CCOCC1CC1)S(=O)(=O)c1ccc(Cl)c(N)c1. The molecule has 20 heavy (non-hydrogen) atoms. The van der Waals surface area contributed by atoms with E-state index in [9.17, 15) is 8.42 Å². The Balaban J connectivity index is 1.94. The molecule has 1 aromatic carbocycles. The van der Waals surface area contributed by atoms with Crippen LogP contribution < -0.4 is 5.73 Å². The number of hydrogen-bond acceptors (Lipinski definition) is 4. The zero-order valence-corrected chi connectivity index (χ0v) is 13.0. The molecule has 0 heterocycles. The molecule has 0 aromatic heterocycles. The highest BCUT2D eigenvalue weighted by atomic mass is 35.5. The molecule has 1 saturated carbocycles. The molecule has 0 atom stereocenters. The standard InChI is InChI=1S/C13H19ClN2O3S/c1-16(6-7-19-9-10-2-3-10)20(17,18)11-4-5-12(14)13(15)8-11/h4-5,8,10H,2-3,6-7,9,15H2,1H3. The van der Waals surface area contributed by atoms with Crippen molar-refractivity contribution >= 4 is 27.3 Å². The highest BCUT2D eigenvalue weighted by Crippen LogP contribution is 2.28. The molecule has 1 aliphatic rings. The molecule has 2 rings (SSSR count). The molecule has 5 nitrogen and oxygen atoms in total. The molecule has 0 spiro atoms. The molecule has 1 aromatic rings. The Bertz CT molecular complexity index is 573. The van der Waals surface area contributed by atoms with E-state index in [1.165, 1.54) is 42.4 Å². The van der Waals surface area contributed by atoms with Gasteiger partial charge < -0.3 is 10.5 Å². The van der Waals surface area contributed by atoms with Crippen molar-refractivity contribution in [3.63, 3.8) is 0 Å².